The fraction of sp³-hybridized carbons (Fsp3) is 0.105. The summed E-state index contributed by atoms with van der Waals surface area (Å²) < 4.78 is 5.08. The van der Waals surface area contributed by atoms with Crippen molar-refractivity contribution in [2.24, 2.45) is 0 Å². The minimum absolute atomic E-state index is 0.247. The van der Waals surface area contributed by atoms with Crippen LogP contribution in [0.15, 0.2) is 48.8 Å². The molecule has 1 heterocycles. The molecular formula is C19H19ClN6O2. The van der Waals surface area contributed by atoms with Gasteiger partial charge in [-0.25, -0.2) is 9.97 Å². The van der Waals surface area contributed by atoms with Crippen LogP contribution in [0, 0.1) is 6.92 Å². The molecule has 0 radical (unpaired) electrons. The van der Waals surface area contributed by atoms with Gasteiger partial charge in [0.2, 0.25) is 0 Å². The number of hydrogen-bond donors (Lipinski definition) is 4. The number of amides is 1. The number of anilines is 4. The number of carbonyl (C=O) groups excluding carboxylic acids is 1. The van der Waals surface area contributed by atoms with Crippen LogP contribution in [0.3, 0.4) is 0 Å². The molecule has 0 bridgehead atoms. The lowest BCUT2D eigenvalue weighted by Crippen LogP contribution is -2.30. The lowest BCUT2D eigenvalue weighted by molar-refractivity contribution is 0.0962. The SMILES string of the molecule is COc1ccc(C(=O)NNc2ncnc(Nc3cc(Cl)ccc3C)c2N)cc1. The Hall–Kier alpha value is -3.52. The fourth-order valence-corrected chi connectivity index (χ4v) is 2.55. The van der Waals surface area contributed by atoms with Crippen LogP contribution in [-0.4, -0.2) is 23.0 Å². The third kappa shape index (κ3) is 4.41. The number of halogens is 1. The van der Waals surface area contributed by atoms with Crippen LogP contribution >= 0.6 is 11.6 Å². The predicted molar refractivity (Wildman–Crippen MR) is 110 cm³/mol. The number of hydrogen-bond acceptors (Lipinski definition) is 7. The molecular weight excluding hydrogens is 380 g/mol. The third-order valence-electron chi connectivity index (χ3n) is 3.98. The van der Waals surface area contributed by atoms with Crippen LogP contribution in [0.2, 0.25) is 5.02 Å². The first kappa shape index (κ1) is 19.2. The van der Waals surface area contributed by atoms with E-state index in [9.17, 15) is 4.79 Å². The molecule has 0 saturated heterocycles. The largest absolute Gasteiger partial charge is 0.497 e. The number of nitrogens with one attached hydrogen (secondary N) is 3. The van der Waals surface area contributed by atoms with Crippen molar-refractivity contribution < 1.29 is 9.53 Å². The topological polar surface area (TPSA) is 114 Å². The van der Waals surface area contributed by atoms with Gasteiger partial charge in [-0.2, -0.15) is 0 Å². The van der Waals surface area contributed by atoms with Gasteiger partial charge in [-0.05, 0) is 48.9 Å². The van der Waals surface area contributed by atoms with Gasteiger partial charge in [0.05, 0.1) is 7.11 Å². The first-order valence-electron chi connectivity index (χ1n) is 8.32. The number of ether oxygens (including phenoxy) is 1. The highest BCUT2D eigenvalue weighted by Gasteiger charge is 2.11. The highest BCUT2D eigenvalue weighted by Crippen LogP contribution is 2.28. The van der Waals surface area contributed by atoms with Crippen LogP contribution < -0.4 is 26.6 Å². The summed E-state index contributed by atoms with van der Waals surface area (Å²) in [6, 6.07) is 12.1. The van der Waals surface area contributed by atoms with Crippen LogP contribution in [0.5, 0.6) is 5.75 Å². The molecule has 0 atom stereocenters. The summed E-state index contributed by atoms with van der Waals surface area (Å²) in [4.78, 5) is 20.5. The van der Waals surface area contributed by atoms with Gasteiger partial charge >= 0.3 is 0 Å². The summed E-state index contributed by atoms with van der Waals surface area (Å²) in [6.07, 6.45) is 1.33. The summed E-state index contributed by atoms with van der Waals surface area (Å²) in [6.45, 7) is 1.93. The van der Waals surface area contributed by atoms with Gasteiger partial charge in [-0.15, -0.1) is 0 Å². The normalized spacial score (nSPS) is 10.2. The average Bonchev–Trinajstić information content (AvgIpc) is 2.71. The van der Waals surface area contributed by atoms with E-state index in [2.05, 4.69) is 26.1 Å². The zero-order chi connectivity index (χ0) is 20.1. The Morgan fingerprint density at radius 1 is 1.11 bits per heavy atom. The predicted octanol–water partition coefficient (Wildman–Crippen LogP) is 3.53. The van der Waals surface area contributed by atoms with Gasteiger partial charge in [0.15, 0.2) is 11.6 Å². The van der Waals surface area contributed by atoms with Crippen molar-refractivity contribution in [3.05, 3.63) is 64.9 Å². The van der Waals surface area contributed by atoms with E-state index in [1.54, 1.807) is 43.5 Å². The summed E-state index contributed by atoms with van der Waals surface area (Å²) in [5, 5.41) is 3.72. The second-order valence-electron chi connectivity index (χ2n) is 5.88. The second-order valence-corrected chi connectivity index (χ2v) is 6.31. The summed E-state index contributed by atoms with van der Waals surface area (Å²) in [5.74, 6) is 0.970. The Morgan fingerprint density at radius 3 is 2.54 bits per heavy atom. The molecule has 0 aliphatic carbocycles. The number of nitrogen functional groups attached to an aromatic ring is 1. The Morgan fingerprint density at radius 2 is 1.82 bits per heavy atom. The molecule has 0 unspecified atom stereocenters. The quantitative estimate of drug-likeness (QED) is 0.469. The lowest BCUT2D eigenvalue weighted by atomic mass is 10.2. The highest BCUT2D eigenvalue weighted by atomic mass is 35.5. The van der Waals surface area contributed by atoms with Crippen molar-refractivity contribution >= 4 is 40.5 Å². The van der Waals surface area contributed by atoms with Crippen molar-refractivity contribution in [3.8, 4) is 5.75 Å². The highest BCUT2D eigenvalue weighted by molar-refractivity contribution is 6.30. The molecule has 8 nitrogen and oxygen atoms in total. The van der Waals surface area contributed by atoms with Crippen LogP contribution in [0.25, 0.3) is 0 Å². The van der Waals surface area contributed by atoms with E-state index < -0.39 is 0 Å². The number of carbonyl (C=O) groups is 1. The first-order valence-corrected chi connectivity index (χ1v) is 8.70. The molecule has 0 spiro atoms. The van der Waals surface area contributed by atoms with Crippen molar-refractivity contribution in [3.63, 3.8) is 0 Å². The van der Waals surface area contributed by atoms with E-state index in [-0.39, 0.29) is 17.4 Å². The zero-order valence-corrected chi connectivity index (χ0v) is 16.0. The molecule has 0 aliphatic heterocycles. The Balaban J connectivity index is 1.72. The van der Waals surface area contributed by atoms with Crippen LogP contribution in [0.1, 0.15) is 15.9 Å². The molecule has 2 aromatic carbocycles. The van der Waals surface area contributed by atoms with Gasteiger partial charge in [0.25, 0.3) is 5.91 Å². The molecule has 0 aliphatic rings. The molecule has 3 aromatic rings. The van der Waals surface area contributed by atoms with Gasteiger partial charge in [0, 0.05) is 16.3 Å². The fourth-order valence-electron chi connectivity index (χ4n) is 2.38. The van der Waals surface area contributed by atoms with E-state index in [0.29, 0.717) is 22.2 Å². The zero-order valence-electron chi connectivity index (χ0n) is 15.3. The summed E-state index contributed by atoms with van der Waals surface area (Å²) >= 11 is 6.04. The minimum atomic E-state index is -0.346. The number of aromatic nitrogens is 2. The molecule has 0 saturated carbocycles. The molecule has 1 aromatic heterocycles. The van der Waals surface area contributed by atoms with Crippen LogP contribution in [0.4, 0.5) is 23.0 Å². The van der Waals surface area contributed by atoms with E-state index >= 15 is 0 Å². The van der Waals surface area contributed by atoms with E-state index in [0.717, 1.165) is 11.3 Å². The number of hydrazine groups is 1. The minimum Gasteiger partial charge on any atom is -0.497 e. The number of aryl methyl sites for hydroxylation is 1. The van der Waals surface area contributed by atoms with E-state index in [1.165, 1.54) is 6.33 Å². The maximum Gasteiger partial charge on any atom is 0.269 e. The van der Waals surface area contributed by atoms with Gasteiger partial charge < -0.3 is 15.8 Å². The van der Waals surface area contributed by atoms with Crippen molar-refractivity contribution in [1.29, 1.82) is 0 Å². The molecule has 1 amide bonds. The number of nitrogens with zero attached hydrogens (tertiary/aromatic N) is 2. The second kappa shape index (κ2) is 8.45. The van der Waals surface area contributed by atoms with E-state index in [4.69, 9.17) is 22.1 Å². The van der Waals surface area contributed by atoms with Crippen molar-refractivity contribution in [2.75, 3.05) is 23.6 Å². The Bertz CT molecular complexity index is 994. The van der Waals surface area contributed by atoms with Crippen molar-refractivity contribution in [2.45, 2.75) is 6.92 Å². The number of methoxy groups -OCH3 is 1. The van der Waals surface area contributed by atoms with Gasteiger partial charge in [-0.3, -0.25) is 15.6 Å². The Labute approximate surface area is 167 Å². The maximum absolute atomic E-state index is 12.3. The molecule has 3 rings (SSSR count). The van der Waals surface area contributed by atoms with Crippen molar-refractivity contribution in [1.82, 2.24) is 15.4 Å². The lowest BCUT2D eigenvalue weighted by Gasteiger charge is -2.14. The standard InChI is InChI=1S/C19H19ClN6O2/c1-11-3-6-13(20)9-15(11)24-17-16(21)18(23-10-22-17)25-26-19(27)12-4-7-14(28-2)8-5-12/h3-10H,21H2,1-2H3,(H,26,27)(H2,22,23,24,25). The summed E-state index contributed by atoms with van der Waals surface area (Å²) in [5.41, 5.74) is 13.9. The number of benzene rings is 2. The number of rotatable bonds is 6. The average molecular weight is 399 g/mol. The molecule has 28 heavy (non-hydrogen) atoms. The maximum atomic E-state index is 12.3. The summed E-state index contributed by atoms with van der Waals surface area (Å²) in [7, 11) is 1.56. The van der Waals surface area contributed by atoms with E-state index in [1.807, 2.05) is 13.0 Å². The smallest absolute Gasteiger partial charge is 0.269 e. The van der Waals surface area contributed by atoms with Crippen LogP contribution in [-0.2, 0) is 0 Å². The van der Waals surface area contributed by atoms with Gasteiger partial charge in [0.1, 0.15) is 17.8 Å². The van der Waals surface area contributed by atoms with Gasteiger partial charge in [-0.1, -0.05) is 17.7 Å². The number of nitrogens with two attached hydrogens (primary N) is 1. The molecule has 144 valence electrons. The molecule has 0 fully saturated rings. The first-order chi connectivity index (χ1) is 13.5. The third-order valence-corrected chi connectivity index (χ3v) is 4.22. The Kier molecular flexibility index (Phi) is 5.81. The molecule has 5 N–H and O–H groups in total. The monoisotopic (exact) mass is 398 g/mol. The molecule has 9 heteroatoms.